The molecule has 0 spiro atoms. The lowest BCUT2D eigenvalue weighted by atomic mass is 10.0. The minimum atomic E-state index is 0.607. The average molecular weight is 184 g/mol. The summed E-state index contributed by atoms with van der Waals surface area (Å²) in [6.07, 6.45) is 2.20. The van der Waals surface area contributed by atoms with Gasteiger partial charge >= 0.3 is 0 Å². The molecule has 0 aliphatic carbocycles. The number of rotatable bonds is 4. The van der Waals surface area contributed by atoms with Crippen molar-refractivity contribution in [3.63, 3.8) is 0 Å². The molecule has 12 heavy (non-hydrogen) atoms. The van der Waals surface area contributed by atoms with Crippen LogP contribution in [0.5, 0.6) is 0 Å². The fraction of sp³-hybridized carbons (Fsp3) is 0.667. The Kier molecular flexibility index (Phi) is 3.69. The van der Waals surface area contributed by atoms with E-state index >= 15 is 0 Å². The molecule has 1 atom stereocenters. The second kappa shape index (κ2) is 4.58. The molecule has 2 nitrogen and oxygen atoms in total. The van der Waals surface area contributed by atoms with E-state index < -0.39 is 0 Å². The molecule has 2 N–H and O–H groups in total. The molecule has 0 aromatic carbocycles. The summed E-state index contributed by atoms with van der Waals surface area (Å²) in [5.41, 5.74) is 6.74. The zero-order valence-corrected chi connectivity index (χ0v) is 8.53. The van der Waals surface area contributed by atoms with Crippen molar-refractivity contribution < 1.29 is 0 Å². The lowest BCUT2D eigenvalue weighted by Crippen LogP contribution is -2.15. The van der Waals surface area contributed by atoms with Gasteiger partial charge in [-0.25, -0.2) is 4.98 Å². The van der Waals surface area contributed by atoms with Gasteiger partial charge in [0.2, 0.25) is 0 Å². The maximum absolute atomic E-state index is 5.61. The Morgan fingerprint density at radius 1 is 1.67 bits per heavy atom. The van der Waals surface area contributed by atoms with Gasteiger partial charge in [-0.3, -0.25) is 0 Å². The van der Waals surface area contributed by atoms with Gasteiger partial charge in [0.15, 0.2) is 0 Å². The molecule has 1 rings (SSSR count). The first-order chi connectivity index (χ1) is 5.76. The Labute approximate surface area is 77.8 Å². The number of hydrogen-bond donors (Lipinski definition) is 1. The maximum Gasteiger partial charge on any atom is 0.0931 e. The Balaban J connectivity index is 2.50. The van der Waals surface area contributed by atoms with E-state index in [9.17, 15) is 0 Å². The molecule has 0 amide bonds. The second-order valence-electron chi connectivity index (χ2n) is 3.10. The predicted molar refractivity (Wildman–Crippen MR) is 53.4 cm³/mol. The number of hydrogen-bond acceptors (Lipinski definition) is 3. The van der Waals surface area contributed by atoms with Gasteiger partial charge in [0, 0.05) is 17.5 Å². The van der Waals surface area contributed by atoms with Gasteiger partial charge in [-0.1, -0.05) is 13.3 Å². The molecule has 0 aliphatic rings. The van der Waals surface area contributed by atoms with Crippen LogP contribution in [0.1, 0.15) is 24.0 Å². The van der Waals surface area contributed by atoms with Crippen molar-refractivity contribution in [2.75, 3.05) is 6.54 Å². The lowest BCUT2D eigenvalue weighted by molar-refractivity contribution is 0.517. The highest BCUT2D eigenvalue weighted by atomic mass is 32.1. The molecule has 1 aromatic heterocycles. The quantitative estimate of drug-likeness (QED) is 0.777. The van der Waals surface area contributed by atoms with E-state index in [0.717, 1.165) is 25.1 Å². The topological polar surface area (TPSA) is 38.9 Å². The lowest BCUT2D eigenvalue weighted by Gasteiger charge is -2.08. The van der Waals surface area contributed by atoms with Gasteiger partial charge in [0.1, 0.15) is 0 Å². The number of aromatic nitrogens is 1. The van der Waals surface area contributed by atoms with Crippen molar-refractivity contribution in [1.82, 2.24) is 4.98 Å². The van der Waals surface area contributed by atoms with E-state index in [2.05, 4.69) is 17.3 Å². The summed E-state index contributed by atoms with van der Waals surface area (Å²) in [4.78, 5) is 4.41. The molecule has 1 heterocycles. The summed E-state index contributed by atoms with van der Waals surface area (Å²) < 4.78 is 0. The summed E-state index contributed by atoms with van der Waals surface area (Å²) in [5.74, 6) is 0.607. The molecule has 68 valence electrons. The highest BCUT2D eigenvalue weighted by Crippen LogP contribution is 2.15. The molecule has 0 radical (unpaired) electrons. The van der Waals surface area contributed by atoms with Crippen LogP contribution in [0, 0.1) is 12.8 Å². The Morgan fingerprint density at radius 2 is 2.42 bits per heavy atom. The van der Waals surface area contributed by atoms with Crippen molar-refractivity contribution in [3.8, 4) is 0 Å². The third-order valence-corrected chi connectivity index (χ3v) is 3.03. The third kappa shape index (κ3) is 2.57. The predicted octanol–water partition coefficient (Wildman–Crippen LogP) is 1.98. The second-order valence-corrected chi connectivity index (χ2v) is 4.04. The van der Waals surface area contributed by atoms with E-state index in [1.165, 1.54) is 5.01 Å². The maximum atomic E-state index is 5.61. The first-order valence-electron chi connectivity index (χ1n) is 4.37. The zero-order valence-electron chi connectivity index (χ0n) is 7.71. The van der Waals surface area contributed by atoms with Gasteiger partial charge in [0.05, 0.1) is 5.01 Å². The van der Waals surface area contributed by atoms with Crippen LogP contribution in [0.15, 0.2) is 5.38 Å². The molecular weight excluding hydrogens is 168 g/mol. The van der Waals surface area contributed by atoms with Crippen LogP contribution in [-0.4, -0.2) is 11.5 Å². The van der Waals surface area contributed by atoms with Crippen molar-refractivity contribution >= 4 is 11.3 Å². The smallest absolute Gasteiger partial charge is 0.0931 e. The van der Waals surface area contributed by atoms with Crippen LogP contribution in [0.25, 0.3) is 0 Å². The Morgan fingerprint density at radius 3 is 2.83 bits per heavy atom. The van der Waals surface area contributed by atoms with Crippen LogP contribution >= 0.6 is 11.3 Å². The zero-order chi connectivity index (χ0) is 8.97. The minimum absolute atomic E-state index is 0.607. The first kappa shape index (κ1) is 9.68. The van der Waals surface area contributed by atoms with Gasteiger partial charge < -0.3 is 5.73 Å². The van der Waals surface area contributed by atoms with E-state index in [4.69, 9.17) is 5.73 Å². The van der Waals surface area contributed by atoms with E-state index in [1.807, 2.05) is 6.92 Å². The molecule has 3 heteroatoms. The number of thiazole rings is 1. The van der Waals surface area contributed by atoms with E-state index in [0.29, 0.717) is 5.92 Å². The molecule has 0 saturated carbocycles. The fourth-order valence-corrected chi connectivity index (χ4v) is 2.03. The van der Waals surface area contributed by atoms with Crippen LogP contribution in [-0.2, 0) is 6.42 Å². The number of aryl methyl sites for hydroxylation is 1. The Hall–Kier alpha value is -0.410. The van der Waals surface area contributed by atoms with Crippen molar-refractivity contribution in [2.24, 2.45) is 11.7 Å². The van der Waals surface area contributed by atoms with Crippen molar-refractivity contribution in [2.45, 2.75) is 26.7 Å². The molecule has 1 unspecified atom stereocenters. The van der Waals surface area contributed by atoms with Crippen LogP contribution in [0.4, 0.5) is 0 Å². The highest BCUT2D eigenvalue weighted by molar-refractivity contribution is 7.09. The molecular formula is C9H16N2S. The first-order valence-corrected chi connectivity index (χ1v) is 5.25. The molecule has 1 aromatic rings. The van der Waals surface area contributed by atoms with Crippen LogP contribution < -0.4 is 5.73 Å². The standard InChI is InChI=1S/C9H16N2S/c1-3-8(5-10)4-9-11-7(2)6-12-9/h6,8H,3-5,10H2,1-2H3. The highest BCUT2D eigenvalue weighted by Gasteiger charge is 2.07. The SMILES string of the molecule is CCC(CN)Cc1nc(C)cs1. The Bertz CT molecular complexity index is 228. The summed E-state index contributed by atoms with van der Waals surface area (Å²) >= 11 is 1.74. The molecule has 0 aliphatic heterocycles. The van der Waals surface area contributed by atoms with Gasteiger partial charge in [-0.2, -0.15) is 0 Å². The summed E-state index contributed by atoms with van der Waals surface area (Å²) in [6, 6.07) is 0. The average Bonchev–Trinajstić information content (AvgIpc) is 2.47. The molecule has 0 fully saturated rings. The van der Waals surface area contributed by atoms with Crippen LogP contribution in [0.3, 0.4) is 0 Å². The largest absolute Gasteiger partial charge is 0.330 e. The van der Waals surface area contributed by atoms with Crippen molar-refractivity contribution in [3.05, 3.63) is 16.1 Å². The van der Waals surface area contributed by atoms with Gasteiger partial charge in [-0.15, -0.1) is 11.3 Å². The summed E-state index contributed by atoms with van der Waals surface area (Å²) in [6.45, 7) is 4.98. The number of nitrogens with zero attached hydrogens (tertiary/aromatic N) is 1. The van der Waals surface area contributed by atoms with Crippen LogP contribution in [0.2, 0.25) is 0 Å². The summed E-state index contributed by atoms with van der Waals surface area (Å²) in [5, 5.41) is 3.32. The molecule has 0 saturated heterocycles. The number of nitrogens with two attached hydrogens (primary N) is 1. The minimum Gasteiger partial charge on any atom is -0.330 e. The summed E-state index contributed by atoms with van der Waals surface area (Å²) in [7, 11) is 0. The van der Waals surface area contributed by atoms with Gasteiger partial charge in [-0.05, 0) is 19.4 Å². The van der Waals surface area contributed by atoms with Gasteiger partial charge in [0.25, 0.3) is 0 Å². The van der Waals surface area contributed by atoms with E-state index in [1.54, 1.807) is 11.3 Å². The monoisotopic (exact) mass is 184 g/mol. The normalized spacial score (nSPS) is 13.2. The van der Waals surface area contributed by atoms with E-state index in [-0.39, 0.29) is 0 Å². The third-order valence-electron chi connectivity index (χ3n) is 2.04. The van der Waals surface area contributed by atoms with Crippen molar-refractivity contribution in [1.29, 1.82) is 0 Å². The fourth-order valence-electron chi connectivity index (χ4n) is 1.14. The molecule has 0 bridgehead atoms.